The number of benzene rings is 1. The number of nitrogens with zero attached hydrogens (tertiary/aromatic N) is 2. The molecule has 0 saturated carbocycles. The van der Waals surface area contributed by atoms with Gasteiger partial charge in [0.1, 0.15) is 0 Å². The van der Waals surface area contributed by atoms with Crippen LogP contribution in [0.4, 0.5) is 13.2 Å². The summed E-state index contributed by atoms with van der Waals surface area (Å²) in [5.74, 6) is -0.534. The maximum atomic E-state index is 12.6. The number of aromatic nitrogens is 2. The molecule has 1 aromatic heterocycles. The molecule has 21 heavy (non-hydrogen) atoms. The van der Waals surface area contributed by atoms with Crippen LogP contribution in [0.15, 0.2) is 43.0 Å². The Morgan fingerprint density at radius 2 is 2.19 bits per heavy atom. The summed E-state index contributed by atoms with van der Waals surface area (Å²) in [6.45, 7) is 2.26. The van der Waals surface area contributed by atoms with Crippen molar-refractivity contribution in [1.29, 1.82) is 0 Å². The first kappa shape index (κ1) is 15.1. The monoisotopic (exact) mass is 297 g/mol. The molecule has 0 fully saturated rings. The largest absolute Gasteiger partial charge is 0.416 e. The van der Waals surface area contributed by atoms with E-state index in [0.29, 0.717) is 6.54 Å². The fourth-order valence-electron chi connectivity index (χ4n) is 1.90. The van der Waals surface area contributed by atoms with Crippen LogP contribution >= 0.6 is 0 Å². The minimum atomic E-state index is -4.46. The number of imidazole rings is 1. The Hall–Kier alpha value is -2.31. The summed E-state index contributed by atoms with van der Waals surface area (Å²) < 4.78 is 39.6. The van der Waals surface area contributed by atoms with Crippen LogP contribution in [0.3, 0.4) is 0 Å². The van der Waals surface area contributed by atoms with Crippen molar-refractivity contribution in [2.75, 3.05) is 0 Å². The SMILES string of the molecule is C[C@@H](Cn1ccnc1)NC(=O)c1cccc(C(F)(F)F)c1. The average molecular weight is 297 g/mol. The van der Waals surface area contributed by atoms with Crippen molar-refractivity contribution in [1.82, 2.24) is 14.9 Å². The third-order valence-corrected chi connectivity index (χ3v) is 2.87. The van der Waals surface area contributed by atoms with Crippen LogP contribution in [0.5, 0.6) is 0 Å². The van der Waals surface area contributed by atoms with Gasteiger partial charge >= 0.3 is 6.18 Å². The molecule has 0 bridgehead atoms. The predicted octanol–water partition coefficient (Wildman–Crippen LogP) is 2.72. The first-order valence-corrected chi connectivity index (χ1v) is 6.30. The summed E-state index contributed by atoms with van der Waals surface area (Å²) in [6, 6.07) is 4.12. The summed E-state index contributed by atoms with van der Waals surface area (Å²) in [5, 5.41) is 2.66. The summed E-state index contributed by atoms with van der Waals surface area (Å²) in [5.41, 5.74) is -0.847. The second-order valence-corrected chi connectivity index (χ2v) is 4.71. The van der Waals surface area contributed by atoms with Crippen molar-refractivity contribution in [3.63, 3.8) is 0 Å². The lowest BCUT2D eigenvalue weighted by atomic mass is 10.1. The summed E-state index contributed by atoms with van der Waals surface area (Å²) in [6.07, 6.45) is 0.500. The lowest BCUT2D eigenvalue weighted by Gasteiger charge is -2.15. The van der Waals surface area contributed by atoms with E-state index in [2.05, 4.69) is 10.3 Å². The maximum absolute atomic E-state index is 12.6. The van der Waals surface area contributed by atoms with Crippen molar-refractivity contribution in [2.24, 2.45) is 0 Å². The number of hydrogen-bond donors (Lipinski definition) is 1. The van der Waals surface area contributed by atoms with Crippen LogP contribution < -0.4 is 5.32 Å². The molecular formula is C14H14F3N3O. The second-order valence-electron chi connectivity index (χ2n) is 4.71. The van der Waals surface area contributed by atoms with Crippen molar-refractivity contribution in [3.05, 3.63) is 54.1 Å². The van der Waals surface area contributed by atoms with Gasteiger partial charge in [-0.05, 0) is 25.1 Å². The van der Waals surface area contributed by atoms with Crippen LogP contribution in [0, 0.1) is 0 Å². The van der Waals surface area contributed by atoms with Gasteiger partial charge in [0.15, 0.2) is 0 Å². The molecule has 2 aromatic rings. The molecule has 4 nitrogen and oxygen atoms in total. The zero-order valence-electron chi connectivity index (χ0n) is 11.3. The number of nitrogens with one attached hydrogen (secondary N) is 1. The van der Waals surface area contributed by atoms with Gasteiger partial charge in [0.05, 0.1) is 11.9 Å². The Morgan fingerprint density at radius 3 is 2.81 bits per heavy atom. The highest BCUT2D eigenvalue weighted by Crippen LogP contribution is 2.29. The Labute approximate surface area is 119 Å². The molecule has 0 radical (unpaired) electrons. The number of amides is 1. The predicted molar refractivity (Wildman–Crippen MR) is 70.6 cm³/mol. The van der Waals surface area contributed by atoms with Gasteiger partial charge in [-0.1, -0.05) is 6.07 Å². The Kier molecular flexibility index (Phi) is 4.30. The fourth-order valence-corrected chi connectivity index (χ4v) is 1.90. The molecular weight excluding hydrogens is 283 g/mol. The molecule has 112 valence electrons. The molecule has 1 N–H and O–H groups in total. The first-order valence-electron chi connectivity index (χ1n) is 6.30. The van der Waals surface area contributed by atoms with Crippen molar-refractivity contribution in [3.8, 4) is 0 Å². The van der Waals surface area contributed by atoms with Gasteiger partial charge < -0.3 is 9.88 Å². The number of hydrogen-bond acceptors (Lipinski definition) is 2. The highest BCUT2D eigenvalue weighted by atomic mass is 19.4. The Bertz CT molecular complexity index is 608. The van der Waals surface area contributed by atoms with E-state index in [0.717, 1.165) is 12.1 Å². The van der Waals surface area contributed by atoms with E-state index in [4.69, 9.17) is 0 Å². The highest BCUT2D eigenvalue weighted by molar-refractivity contribution is 5.94. The molecule has 0 aliphatic rings. The van der Waals surface area contributed by atoms with E-state index >= 15 is 0 Å². The second kappa shape index (κ2) is 5.99. The van der Waals surface area contributed by atoms with Gasteiger partial charge in [-0.25, -0.2) is 4.98 Å². The first-order chi connectivity index (χ1) is 9.86. The van der Waals surface area contributed by atoms with E-state index in [1.165, 1.54) is 12.1 Å². The number of halogens is 3. The molecule has 7 heteroatoms. The summed E-state index contributed by atoms with van der Waals surface area (Å²) >= 11 is 0. The molecule has 1 aromatic carbocycles. The quantitative estimate of drug-likeness (QED) is 0.943. The molecule has 1 heterocycles. The van der Waals surface area contributed by atoms with Gasteiger partial charge in [0, 0.05) is 30.5 Å². The molecule has 0 aliphatic carbocycles. The molecule has 0 spiro atoms. The molecule has 1 amide bonds. The molecule has 1 atom stereocenters. The van der Waals surface area contributed by atoms with E-state index < -0.39 is 17.6 Å². The molecule has 0 saturated heterocycles. The third kappa shape index (κ3) is 4.08. The van der Waals surface area contributed by atoms with Crippen LogP contribution in [-0.4, -0.2) is 21.5 Å². The van der Waals surface area contributed by atoms with Gasteiger partial charge in [-0.15, -0.1) is 0 Å². The topological polar surface area (TPSA) is 46.9 Å². The number of alkyl halides is 3. The van der Waals surface area contributed by atoms with Crippen molar-refractivity contribution in [2.45, 2.75) is 25.7 Å². The smallest absolute Gasteiger partial charge is 0.348 e. The van der Waals surface area contributed by atoms with Gasteiger partial charge in [-0.2, -0.15) is 13.2 Å². The number of rotatable bonds is 4. The van der Waals surface area contributed by atoms with Crippen molar-refractivity contribution >= 4 is 5.91 Å². The normalized spacial score (nSPS) is 13.0. The number of carbonyl (C=O) groups excluding carboxylic acids is 1. The van der Waals surface area contributed by atoms with Crippen molar-refractivity contribution < 1.29 is 18.0 Å². The Morgan fingerprint density at radius 1 is 1.43 bits per heavy atom. The van der Waals surface area contributed by atoms with E-state index in [-0.39, 0.29) is 11.6 Å². The lowest BCUT2D eigenvalue weighted by molar-refractivity contribution is -0.137. The van der Waals surface area contributed by atoms with Crippen LogP contribution in [0.1, 0.15) is 22.8 Å². The summed E-state index contributed by atoms with van der Waals surface area (Å²) in [4.78, 5) is 15.8. The summed E-state index contributed by atoms with van der Waals surface area (Å²) in [7, 11) is 0. The molecule has 2 rings (SSSR count). The van der Waals surface area contributed by atoms with Crippen LogP contribution in [0.25, 0.3) is 0 Å². The zero-order chi connectivity index (χ0) is 15.5. The maximum Gasteiger partial charge on any atom is 0.416 e. The van der Waals surface area contributed by atoms with Gasteiger partial charge in [0.25, 0.3) is 5.91 Å². The number of carbonyl (C=O) groups is 1. The Balaban J connectivity index is 2.03. The van der Waals surface area contributed by atoms with Crippen LogP contribution in [-0.2, 0) is 12.7 Å². The fraction of sp³-hybridized carbons (Fsp3) is 0.286. The lowest BCUT2D eigenvalue weighted by Crippen LogP contribution is -2.35. The van der Waals surface area contributed by atoms with Gasteiger partial charge in [-0.3, -0.25) is 4.79 Å². The standard InChI is InChI=1S/C14H14F3N3O/c1-10(8-20-6-5-18-9-20)19-13(21)11-3-2-4-12(7-11)14(15,16)17/h2-7,9-10H,8H2,1H3,(H,19,21)/t10-/m0/s1. The van der Waals surface area contributed by atoms with Crippen LogP contribution in [0.2, 0.25) is 0 Å². The van der Waals surface area contributed by atoms with Gasteiger partial charge in [0.2, 0.25) is 0 Å². The van der Waals surface area contributed by atoms with E-state index in [1.807, 2.05) is 0 Å². The molecule has 0 aliphatic heterocycles. The minimum Gasteiger partial charge on any atom is -0.348 e. The van der Waals surface area contributed by atoms with E-state index in [9.17, 15) is 18.0 Å². The highest BCUT2D eigenvalue weighted by Gasteiger charge is 2.30. The minimum absolute atomic E-state index is 0.0118. The average Bonchev–Trinajstić information content (AvgIpc) is 2.90. The third-order valence-electron chi connectivity index (χ3n) is 2.87. The van der Waals surface area contributed by atoms with E-state index in [1.54, 1.807) is 30.2 Å². The zero-order valence-corrected chi connectivity index (χ0v) is 11.3. The molecule has 0 unspecified atom stereocenters.